The van der Waals surface area contributed by atoms with Gasteiger partial charge in [0.15, 0.2) is 11.5 Å². The molecule has 1 amide bonds. The lowest BCUT2D eigenvalue weighted by molar-refractivity contribution is -0.131. The Labute approximate surface area is 157 Å². The summed E-state index contributed by atoms with van der Waals surface area (Å²) >= 11 is 0. The number of rotatable bonds is 7. The van der Waals surface area contributed by atoms with Crippen molar-refractivity contribution >= 4 is 5.91 Å². The number of aromatic nitrogens is 4. The molecule has 2 aromatic heterocycles. The van der Waals surface area contributed by atoms with Crippen LogP contribution in [0.15, 0.2) is 4.52 Å². The van der Waals surface area contributed by atoms with Gasteiger partial charge in [0, 0.05) is 50.2 Å². The monoisotopic (exact) mass is 371 g/mol. The predicted molar refractivity (Wildman–Crippen MR) is 95.7 cm³/mol. The molecule has 2 fully saturated rings. The summed E-state index contributed by atoms with van der Waals surface area (Å²) in [5.74, 6) is 2.28. The third-order valence-electron chi connectivity index (χ3n) is 5.67. The standard InChI is InChI=1S/C19H25N5O3/c1-23(19(25)13-4-5-13)8-6-16-20-18(27-22-16)17-14-11-26-9-7-15(14)24(21-17)10-12-2-3-12/h12-13H,2-11H2,1H3. The van der Waals surface area contributed by atoms with Gasteiger partial charge < -0.3 is 14.2 Å². The van der Waals surface area contributed by atoms with E-state index in [9.17, 15) is 4.79 Å². The summed E-state index contributed by atoms with van der Waals surface area (Å²) in [7, 11) is 1.84. The average molecular weight is 371 g/mol. The van der Waals surface area contributed by atoms with Gasteiger partial charge in [-0.15, -0.1) is 0 Å². The van der Waals surface area contributed by atoms with Crippen LogP contribution in [0, 0.1) is 11.8 Å². The molecule has 8 nitrogen and oxygen atoms in total. The summed E-state index contributed by atoms with van der Waals surface area (Å²) in [6.07, 6.45) is 6.08. The normalized spacial score (nSPS) is 19.1. The number of likely N-dealkylation sites (N-methyl/N-ethyl adjacent to an activating group) is 1. The number of carbonyl (C=O) groups excluding carboxylic acids is 1. The van der Waals surface area contributed by atoms with Crippen molar-refractivity contribution in [3.63, 3.8) is 0 Å². The summed E-state index contributed by atoms with van der Waals surface area (Å²) in [6, 6.07) is 0. The molecule has 144 valence electrons. The molecule has 5 rings (SSSR count). The van der Waals surface area contributed by atoms with E-state index >= 15 is 0 Å². The van der Waals surface area contributed by atoms with E-state index in [-0.39, 0.29) is 11.8 Å². The van der Waals surface area contributed by atoms with Crippen LogP contribution >= 0.6 is 0 Å². The van der Waals surface area contributed by atoms with E-state index in [1.165, 1.54) is 18.5 Å². The van der Waals surface area contributed by atoms with Gasteiger partial charge in [-0.05, 0) is 31.6 Å². The molecular weight excluding hydrogens is 346 g/mol. The zero-order chi connectivity index (χ0) is 18.4. The average Bonchev–Trinajstić information content (AvgIpc) is 3.61. The molecule has 2 aliphatic carbocycles. The van der Waals surface area contributed by atoms with Crippen LogP contribution in [0.5, 0.6) is 0 Å². The molecule has 0 atom stereocenters. The van der Waals surface area contributed by atoms with Crippen molar-refractivity contribution in [3.8, 4) is 11.6 Å². The van der Waals surface area contributed by atoms with Crippen molar-refractivity contribution in [2.45, 2.75) is 51.7 Å². The van der Waals surface area contributed by atoms with Crippen molar-refractivity contribution in [1.82, 2.24) is 24.8 Å². The number of hydrogen-bond acceptors (Lipinski definition) is 6. The maximum atomic E-state index is 12.0. The number of nitrogens with zero attached hydrogens (tertiary/aromatic N) is 5. The van der Waals surface area contributed by atoms with E-state index in [2.05, 4.69) is 14.8 Å². The fourth-order valence-electron chi connectivity index (χ4n) is 3.65. The number of carbonyl (C=O) groups is 1. The second kappa shape index (κ2) is 6.74. The minimum absolute atomic E-state index is 0.226. The third-order valence-corrected chi connectivity index (χ3v) is 5.67. The fourth-order valence-corrected chi connectivity index (χ4v) is 3.65. The van der Waals surface area contributed by atoms with Gasteiger partial charge in [-0.3, -0.25) is 9.48 Å². The second-order valence-corrected chi connectivity index (χ2v) is 8.00. The van der Waals surface area contributed by atoms with Crippen molar-refractivity contribution in [2.24, 2.45) is 11.8 Å². The summed E-state index contributed by atoms with van der Waals surface area (Å²) < 4.78 is 13.3. The third kappa shape index (κ3) is 3.50. The summed E-state index contributed by atoms with van der Waals surface area (Å²) in [6.45, 7) is 2.86. The van der Waals surface area contributed by atoms with E-state index in [0.717, 1.165) is 49.6 Å². The van der Waals surface area contributed by atoms with Gasteiger partial charge in [0.25, 0.3) is 5.89 Å². The molecule has 0 aromatic carbocycles. The molecule has 0 unspecified atom stereocenters. The Bertz CT molecular complexity index is 850. The van der Waals surface area contributed by atoms with E-state index < -0.39 is 0 Å². The second-order valence-electron chi connectivity index (χ2n) is 8.00. The highest BCUT2D eigenvalue weighted by Crippen LogP contribution is 2.34. The molecule has 2 saturated carbocycles. The van der Waals surface area contributed by atoms with Crippen molar-refractivity contribution in [3.05, 3.63) is 17.1 Å². The summed E-state index contributed by atoms with van der Waals surface area (Å²) in [5.41, 5.74) is 3.09. The SMILES string of the molecule is CN(CCc1noc(-c2nn(CC3CC3)c3c2COCC3)n1)C(=O)C1CC1. The van der Waals surface area contributed by atoms with Crippen molar-refractivity contribution in [2.75, 3.05) is 20.2 Å². The number of ether oxygens (including phenoxy) is 1. The van der Waals surface area contributed by atoms with Crippen molar-refractivity contribution in [1.29, 1.82) is 0 Å². The Balaban J connectivity index is 1.31. The van der Waals surface area contributed by atoms with E-state index in [0.29, 0.717) is 31.3 Å². The van der Waals surface area contributed by atoms with Gasteiger partial charge >= 0.3 is 0 Å². The lowest BCUT2D eigenvalue weighted by atomic mass is 10.1. The molecule has 0 bridgehead atoms. The molecule has 2 aromatic rings. The Morgan fingerprint density at radius 3 is 2.93 bits per heavy atom. The molecule has 8 heteroatoms. The van der Waals surface area contributed by atoms with Crippen LogP contribution in [0.3, 0.4) is 0 Å². The first-order valence-corrected chi connectivity index (χ1v) is 9.93. The fraction of sp³-hybridized carbons (Fsp3) is 0.684. The molecule has 0 spiro atoms. The maximum Gasteiger partial charge on any atom is 0.278 e. The zero-order valence-corrected chi connectivity index (χ0v) is 15.7. The highest BCUT2D eigenvalue weighted by atomic mass is 16.5. The summed E-state index contributed by atoms with van der Waals surface area (Å²) in [5, 5.41) is 8.89. The first-order chi connectivity index (χ1) is 13.2. The van der Waals surface area contributed by atoms with Crippen LogP contribution in [0.2, 0.25) is 0 Å². The van der Waals surface area contributed by atoms with Crippen LogP contribution in [0.4, 0.5) is 0 Å². The minimum atomic E-state index is 0.226. The van der Waals surface area contributed by atoms with Gasteiger partial charge in [-0.2, -0.15) is 10.1 Å². The predicted octanol–water partition coefficient (Wildman–Crippen LogP) is 1.83. The quantitative estimate of drug-likeness (QED) is 0.738. The molecule has 27 heavy (non-hydrogen) atoms. The van der Waals surface area contributed by atoms with Crippen molar-refractivity contribution < 1.29 is 14.1 Å². The van der Waals surface area contributed by atoms with Gasteiger partial charge in [0.1, 0.15) is 0 Å². The number of hydrogen-bond donors (Lipinski definition) is 0. The number of amides is 1. The summed E-state index contributed by atoms with van der Waals surface area (Å²) in [4.78, 5) is 18.4. The van der Waals surface area contributed by atoms with Crippen LogP contribution in [0.25, 0.3) is 11.6 Å². The lowest BCUT2D eigenvalue weighted by Crippen LogP contribution is -2.30. The van der Waals surface area contributed by atoms with Gasteiger partial charge in [-0.1, -0.05) is 5.16 Å². The highest BCUT2D eigenvalue weighted by molar-refractivity contribution is 5.80. The molecule has 1 aliphatic heterocycles. The molecule has 0 saturated heterocycles. The smallest absolute Gasteiger partial charge is 0.278 e. The maximum absolute atomic E-state index is 12.0. The lowest BCUT2D eigenvalue weighted by Gasteiger charge is -2.15. The van der Waals surface area contributed by atoms with Crippen LogP contribution in [-0.4, -0.2) is 50.9 Å². The Morgan fingerprint density at radius 2 is 2.15 bits per heavy atom. The first kappa shape index (κ1) is 16.9. The first-order valence-electron chi connectivity index (χ1n) is 9.93. The minimum Gasteiger partial charge on any atom is -0.376 e. The highest BCUT2D eigenvalue weighted by Gasteiger charge is 2.32. The Hall–Kier alpha value is -2.22. The Morgan fingerprint density at radius 1 is 1.30 bits per heavy atom. The topological polar surface area (TPSA) is 86.3 Å². The molecule has 0 radical (unpaired) electrons. The largest absolute Gasteiger partial charge is 0.376 e. The van der Waals surface area contributed by atoms with Crippen LogP contribution in [-0.2, 0) is 35.5 Å². The molecular formula is C19H25N5O3. The van der Waals surface area contributed by atoms with Gasteiger partial charge in [-0.25, -0.2) is 0 Å². The van der Waals surface area contributed by atoms with E-state index in [1.807, 2.05) is 7.05 Å². The molecule has 0 N–H and O–H groups in total. The van der Waals surface area contributed by atoms with Crippen LogP contribution < -0.4 is 0 Å². The van der Waals surface area contributed by atoms with Gasteiger partial charge in [0.05, 0.1) is 13.2 Å². The van der Waals surface area contributed by atoms with Gasteiger partial charge in [0.2, 0.25) is 5.91 Å². The van der Waals surface area contributed by atoms with Crippen LogP contribution in [0.1, 0.15) is 42.8 Å². The number of fused-ring (bicyclic) bond motifs is 1. The van der Waals surface area contributed by atoms with E-state index in [1.54, 1.807) is 4.90 Å². The molecule has 3 aliphatic rings. The molecule has 3 heterocycles. The zero-order valence-electron chi connectivity index (χ0n) is 15.7. The Kier molecular flexibility index (Phi) is 4.22. The van der Waals surface area contributed by atoms with E-state index in [4.69, 9.17) is 14.4 Å².